The first-order valence-electron chi connectivity index (χ1n) is 8.78. The zero-order valence-electron chi connectivity index (χ0n) is 15.5. The lowest BCUT2D eigenvalue weighted by atomic mass is 9.99. The lowest BCUT2D eigenvalue weighted by Crippen LogP contribution is -2.48. The Morgan fingerprint density at radius 1 is 1.22 bits per heavy atom. The molecular formula is C17H35N5O. The molecule has 0 atom stereocenters. The highest BCUT2D eigenvalue weighted by Gasteiger charge is 2.15. The standard InChI is InChI=1S/C17H35N5O/c1-14-7-11-22(12-8-14)10-6-9-19-16(18-5)20-13-15(23)21-17(2,3)4/h14H,6-13H2,1-5H3,(H,21,23)(H2,18,19,20). The smallest absolute Gasteiger partial charge is 0.239 e. The van der Waals surface area contributed by atoms with E-state index < -0.39 is 0 Å². The van der Waals surface area contributed by atoms with Crippen LogP contribution in [0.15, 0.2) is 4.99 Å². The molecule has 0 bridgehead atoms. The molecule has 0 aromatic heterocycles. The predicted octanol–water partition coefficient (Wildman–Crippen LogP) is 1.19. The van der Waals surface area contributed by atoms with Crippen LogP contribution in [0.1, 0.15) is 47.0 Å². The van der Waals surface area contributed by atoms with Crippen molar-refractivity contribution in [1.82, 2.24) is 20.9 Å². The van der Waals surface area contributed by atoms with Gasteiger partial charge < -0.3 is 20.9 Å². The van der Waals surface area contributed by atoms with Gasteiger partial charge in [0.1, 0.15) is 0 Å². The maximum absolute atomic E-state index is 11.8. The molecule has 0 aromatic rings. The van der Waals surface area contributed by atoms with Crippen LogP contribution in [0.4, 0.5) is 0 Å². The Bertz CT molecular complexity index is 381. The summed E-state index contributed by atoms with van der Waals surface area (Å²) in [7, 11) is 1.73. The molecule has 1 rings (SSSR count). The lowest BCUT2D eigenvalue weighted by molar-refractivity contribution is -0.121. The summed E-state index contributed by atoms with van der Waals surface area (Å²) in [6, 6.07) is 0. The van der Waals surface area contributed by atoms with Gasteiger partial charge in [-0.25, -0.2) is 0 Å². The zero-order chi connectivity index (χ0) is 17.3. The van der Waals surface area contributed by atoms with Crippen molar-refractivity contribution in [2.24, 2.45) is 10.9 Å². The number of hydrogen-bond acceptors (Lipinski definition) is 3. The number of piperidine rings is 1. The average Bonchev–Trinajstić information content (AvgIpc) is 2.46. The molecule has 3 N–H and O–H groups in total. The van der Waals surface area contributed by atoms with Gasteiger partial charge in [-0.3, -0.25) is 9.79 Å². The largest absolute Gasteiger partial charge is 0.356 e. The third kappa shape index (κ3) is 9.43. The Hall–Kier alpha value is -1.30. The maximum atomic E-state index is 11.8. The van der Waals surface area contributed by atoms with Gasteiger partial charge in [0, 0.05) is 19.1 Å². The van der Waals surface area contributed by atoms with Crippen LogP contribution < -0.4 is 16.0 Å². The minimum atomic E-state index is -0.207. The number of aliphatic imine (C=N–C) groups is 1. The van der Waals surface area contributed by atoms with Gasteiger partial charge in [-0.2, -0.15) is 0 Å². The Labute approximate surface area is 141 Å². The Morgan fingerprint density at radius 2 is 1.87 bits per heavy atom. The van der Waals surface area contributed by atoms with E-state index >= 15 is 0 Å². The molecule has 6 nitrogen and oxygen atoms in total. The van der Waals surface area contributed by atoms with Gasteiger partial charge in [0.05, 0.1) is 6.54 Å². The number of nitrogens with zero attached hydrogens (tertiary/aromatic N) is 2. The van der Waals surface area contributed by atoms with Crippen molar-refractivity contribution < 1.29 is 4.79 Å². The van der Waals surface area contributed by atoms with Gasteiger partial charge in [0.2, 0.25) is 5.91 Å². The Balaban J connectivity index is 2.13. The summed E-state index contributed by atoms with van der Waals surface area (Å²) in [5.74, 6) is 1.54. The van der Waals surface area contributed by atoms with Crippen LogP contribution in [0.5, 0.6) is 0 Å². The van der Waals surface area contributed by atoms with Crippen LogP contribution in [-0.2, 0) is 4.79 Å². The van der Waals surface area contributed by atoms with Crippen LogP contribution in [0.25, 0.3) is 0 Å². The fourth-order valence-electron chi connectivity index (χ4n) is 2.64. The van der Waals surface area contributed by atoms with Crippen LogP contribution in [-0.4, -0.2) is 62.1 Å². The van der Waals surface area contributed by atoms with Gasteiger partial charge in [-0.05, 0) is 65.6 Å². The molecule has 1 saturated heterocycles. The van der Waals surface area contributed by atoms with E-state index in [4.69, 9.17) is 0 Å². The number of hydrogen-bond donors (Lipinski definition) is 3. The molecule has 0 aliphatic carbocycles. The molecule has 1 heterocycles. The van der Waals surface area contributed by atoms with Gasteiger partial charge in [0.25, 0.3) is 0 Å². The summed E-state index contributed by atoms with van der Waals surface area (Å²) in [6.07, 6.45) is 3.72. The molecule has 0 radical (unpaired) electrons. The summed E-state index contributed by atoms with van der Waals surface area (Å²) in [6.45, 7) is 12.9. The first-order chi connectivity index (χ1) is 10.8. The summed E-state index contributed by atoms with van der Waals surface area (Å²) in [5, 5.41) is 9.24. The molecule has 1 aliphatic rings. The number of carbonyl (C=O) groups excluding carboxylic acids is 1. The summed E-state index contributed by atoms with van der Waals surface area (Å²) >= 11 is 0. The molecule has 1 fully saturated rings. The Kier molecular flexibility index (Phi) is 8.37. The van der Waals surface area contributed by atoms with Crippen molar-refractivity contribution in [3.05, 3.63) is 0 Å². The van der Waals surface area contributed by atoms with Gasteiger partial charge in [-0.1, -0.05) is 6.92 Å². The van der Waals surface area contributed by atoms with E-state index in [1.807, 2.05) is 20.8 Å². The molecule has 134 valence electrons. The SMILES string of the molecule is CN=C(NCCCN1CCC(C)CC1)NCC(=O)NC(C)(C)C. The topological polar surface area (TPSA) is 68.8 Å². The highest BCUT2D eigenvalue weighted by molar-refractivity contribution is 5.86. The quantitative estimate of drug-likeness (QED) is 0.390. The first-order valence-corrected chi connectivity index (χ1v) is 8.78. The molecule has 0 aromatic carbocycles. The van der Waals surface area contributed by atoms with E-state index in [1.54, 1.807) is 7.05 Å². The van der Waals surface area contributed by atoms with Gasteiger partial charge >= 0.3 is 0 Å². The molecule has 0 unspecified atom stereocenters. The molecule has 6 heteroatoms. The van der Waals surface area contributed by atoms with Crippen LogP contribution in [0, 0.1) is 5.92 Å². The number of guanidine groups is 1. The predicted molar refractivity (Wildman–Crippen MR) is 96.7 cm³/mol. The van der Waals surface area contributed by atoms with Crippen molar-refractivity contribution in [3.63, 3.8) is 0 Å². The monoisotopic (exact) mass is 325 g/mol. The first kappa shape index (κ1) is 19.7. The van der Waals surface area contributed by atoms with Crippen LogP contribution in [0.2, 0.25) is 0 Å². The molecule has 1 amide bonds. The van der Waals surface area contributed by atoms with E-state index in [2.05, 4.69) is 32.8 Å². The van der Waals surface area contributed by atoms with E-state index in [1.165, 1.54) is 25.9 Å². The average molecular weight is 326 g/mol. The Morgan fingerprint density at radius 3 is 2.43 bits per heavy atom. The second-order valence-corrected chi connectivity index (χ2v) is 7.53. The van der Waals surface area contributed by atoms with Crippen LogP contribution >= 0.6 is 0 Å². The van der Waals surface area contributed by atoms with Crippen molar-refractivity contribution >= 4 is 11.9 Å². The second-order valence-electron chi connectivity index (χ2n) is 7.53. The molecular weight excluding hydrogens is 290 g/mol. The summed E-state index contributed by atoms with van der Waals surface area (Å²) in [4.78, 5) is 18.5. The van der Waals surface area contributed by atoms with Gasteiger partial charge in [0.15, 0.2) is 5.96 Å². The summed E-state index contributed by atoms with van der Waals surface area (Å²) < 4.78 is 0. The number of carbonyl (C=O) groups is 1. The fourth-order valence-corrected chi connectivity index (χ4v) is 2.64. The van der Waals surface area contributed by atoms with Crippen molar-refractivity contribution in [2.75, 3.05) is 39.8 Å². The molecule has 1 aliphatic heterocycles. The van der Waals surface area contributed by atoms with Gasteiger partial charge in [-0.15, -0.1) is 0 Å². The van der Waals surface area contributed by atoms with E-state index in [0.29, 0.717) is 5.96 Å². The highest BCUT2D eigenvalue weighted by Crippen LogP contribution is 2.15. The third-order valence-corrected chi connectivity index (χ3v) is 3.97. The molecule has 0 spiro atoms. The fraction of sp³-hybridized carbons (Fsp3) is 0.882. The maximum Gasteiger partial charge on any atom is 0.239 e. The number of nitrogens with one attached hydrogen (secondary N) is 3. The minimum absolute atomic E-state index is 0.0251. The summed E-state index contributed by atoms with van der Waals surface area (Å²) in [5.41, 5.74) is -0.207. The highest BCUT2D eigenvalue weighted by atomic mass is 16.2. The van der Waals surface area contributed by atoms with E-state index in [-0.39, 0.29) is 18.0 Å². The van der Waals surface area contributed by atoms with Crippen molar-refractivity contribution in [2.45, 2.75) is 52.5 Å². The van der Waals surface area contributed by atoms with Crippen LogP contribution in [0.3, 0.4) is 0 Å². The number of rotatable bonds is 6. The van der Waals surface area contributed by atoms with E-state index in [0.717, 1.165) is 25.4 Å². The zero-order valence-corrected chi connectivity index (χ0v) is 15.5. The van der Waals surface area contributed by atoms with E-state index in [9.17, 15) is 4.79 Å². The third-order valence-electron chi connectivity index (χ3n) is 3.97. The second kappa shape index (κ2) is 9.75. The molecule has 23 heavy (non-hydrogen) atoms. The number of amides is 1. The van der Waals surface area contributed by atoms with Crippen molar-refractivity contribution in [3.8, 4) is 0 Å². The lowest BCUT2D eigenvalue weighted by Gasteiger charge is -2.30. The normalized spacial score (nSPS) is 17.9. The van der Waals surface area contributed by atoms with Crippen molar-refractivity contribution in [1.29, 1.82) is 0 Å². The minimum Gasteiger partial charge on any atom is -0.356 e. The number of likely N-dealkylation sites (tertiary alicyclic amines) is 1. The molecule has 0 saturated carbocycles.